The zero-order valence-electron chi connectivity index (χ0n) is 48.0. The predicted octanol–water partition coefficient (Wildman–Crippen LogP) is 17.6. The molecule has 3 nitrogen and oxygen atoms in total. The first-order valence-electron chi connectivity index (χ1n) is 29.8. The standard InChI is InChI=1S/C75H68BN3/c1-39(2)43-21-24-48-49-25-22-44(40(3)4)34-57(49)75(56(48)33-43)55-27-28-64-68-71(55)79-69-52(31-45(41(5)6)35-59(69)75)53-32-46(42(7)8)36-60(70(53)79)76(68)61-38-65-66(67-51-18-14-16-20-63(51)78(64)72(61)67)50-17-13-15-19-62(50)77(65)47-23-26-54-58(37-47)74(11,12)30-29-73(54,9)10/h13-28,31-42H,29-30H2,1-12H3. The van der Waals surface area contributed by atoms with Gasteiger partial charge >= 0.3 is 0 Å². The molecule has 4 heteroatoms. The highest BCUT2D eigenvalue weighted by Crippen LogP contribution is 2.63. The van der Waals surface area contributed by atoms with Gasteiger partial charge in [-0.2, -0.15) is 0 Å². The molecule has 79 heavy (non-hydrogen) atoms. The summed E-state index contributed by atoms with van der Waals surface area (Å²) in [6, 6.07) is 59.6. The molecule has 6 heterocycles. The van der Waals surface area contributed by atoms with Crippen LogP contribution in [0, 0.1) is 0 Å². The summed E-state index contributed by atoms with van der Waals surface area (Å²) in [6.07, 6.45) is 2.37. The van der Waals surface area contributed by atoms with Crippen LogP contribution >= 0.6 is 0 Å². The maximum Gasteiger partial charge on any atom is 0.252 e. The van der Waals surface area contributed by atoms with Gasteiger partial charge in [0.05, 0.1) is 33.0 Å². The molecule has 3 aromatic heterocycles. The Labute approximate surface area is 465 Å². The van der Waals surface area contributed by atoms with Crippen molar-refractivity contribution in [1.82, 2.24) is 13.7 Å². The number of aromatic nitrogens is 3. The topological polar surface area (TPSA) is 14.8 Å². The molecule has 17 rings (SSSR count). The van der Waals surface area contributed by atoms with Gasteiger partial charge in [-0.25, -0.2) is 0 Å². The van der Waals surface area contributed by atoms with Crippen molar-refractivity contribution in [1.29, 1.82) is 0 Å². The fourth-order valence-electron chi connectivity index (χ4n) is 16.8. The summed E-state index contributed by atoms with van der Waals surface area (Å²) >= 11 is 0. The SMILES string of the molecule is CC(C)c1ccc2c(c1)C1(c3cc(C(C)C)ccc3-2)c2ccc3c4c2-n2c5c(cc(C(C)C)cc5c5cc(C(C)C)cc1c52)B4c1cc2c(c4ccccc4n2-c2ccc4c(c2)C(C)(C)CCC4(C)C)c2c4ccccc4n-3c12. The number of nitrogens with zero attached hydrogens (tertiary/aromatic N) is 3. The maximum absolute atomic E-state index is 2.81. The van der Waals surface area contributed by atoms with Crippen molar-refractivity contribution in [3.05, 3.63) is 201 Å². The van der Waals surface area contributed by atoms with E-state index in [1.165, 1.54) is 178 Å². The first-order chi connectivity index (χ1) is 38.0. The van der Waals surface area contributed by atoms with Gasteiger partial charge in [-0.05, 0) is 179 Å². The summed E-state index contributed by atoms with van der Waals surface area (Å²) in [5.74, 6) is 1.44. The zero-order chi connectivity index (χ0) is 53.8. The molecule has 0 saturated heterocycles. The van der Waals surface area contributed by atoms with Crippen LogP contribution in [0.2, 0.25) is 0 Å². The van der Waals surface area contributed by atoms with Gasteiger partial charge in [0, 0.05) is 54.9 Å². The monoisotopic (exact) mass is 1020 g/mol. The van der Waals surface area contributed by atoms with E-state index in [1.54, 1.807) is 0 Å². The van der Waals surface area contributed by atoms with Gasteiger partial charge in [0.25, 0.3) is 6.71 Å². The van der Waals surface area contributed by atoms with Crippen molar-refractivity contribution in [2.45, 2.75) is 136 Å². The van der Waals surface area contributed by atoms with Crippen molar-refractivity contribution in [2.24, 2.45) is 0 Å². The Bertz CT molecular complexity index is 4750. The van der Waals surface area contributed by atoms with E-state index in [0.717, 1.165) is 0 Å². The molecule has 0 saturated carbocycles. The Kier molecular flexibility index (Phi) is 8.81. The van der Waals surface area contributed by atoms with Crippen LogP contribution in [0.1, 0.15) is 175 Å². The molecule has 0 radical (unpaired) electrons. The molecule has 12 aromatic rings. The third kappa shape index (κ3) is 5.48. The Morgan fingerprint density at radius 3 is 1.58 bits per heavy atom. The summed E-state index contributed by atoms with van der Waals surface area (Å²) < 4.78 is 8.18. The average Bonchev–Trinajstić information content (AvgIpc) is 1.77. The van der Waals surface area contributed by atoms with E-state index >= 15 is 0 Å². The van der Waals surface area contributed by atoms with E-state index in [2.05, 4.69) is 242 Å². The molecule has 0 atom stereocenters. The molecular weight excluding hydrogens is 954 g/mol. The minimum Gasteiger partial charge on any atom is -0.310 e. The Morgan fingerprint density at radius 1 is 0.392 bits per heavy atom. The smallest absolute Gasteiger partial charge is 0.252 e. The fourth-order valence-corrected chi connectivity index (χ4v) is 16.8. The van der Waals surface area contributed by atoms with Crippen LogP contribution in [-0.2, 0) is 16.2 Å². The minimum absolute atomic E-state index is 0.0334. The highest BCUT2D eigenvalue weighted by Gasteiger charge is 2.55. The second kappa shape index (κ2) is 15.0. The lowest BCUT2D eigenvalue weighted by molar-refractivity contribution is 0.332. The average molecular weight is 1020 g/mol. The van der Waals surface area contributed by atoms with Crippen molar-refractivity contribution in [2.75, 3.05) is 0 Å². The number of para-hydroxylation sites is 2. The molecule has 3 aliphatic heterocycles. The maximum atomic E-state index is 2.81. The highest BCUT2D eigenvalue weighted by atomic mass is 15.1. The summed E-state index contributed by atoms with van der Waals surface area (Å²) in [6.45, 7) is 28.9. The van der Waals surface area contributed by atoms with Gasteiger partial charge < -0.3 is 13.7 Å². The van der Waals surface area contributed by atoms with Gasteiger partial charge in [0.1, 0.15) is 0 Å². The minimum atomic E-state index is -0.569. The summed E-state index contributed by atoms with van der Waals surface area (Å²) in [7, 11) is 0. The first kappa shape index (κ1) is 46.4. The third-order valence-corrected chi connectivity index (χ3v) is 21.0. The molecule has 5 aliphatic rings. The number of hydrogen-bond donors (Lipinski definition) is 0. The van der Waals surface area contributed by atoms with Crippen LogP contribution in [0.3, 0.4) is 0 Å². The van der Waals surface area contributed by atoms with Crippen molar-refractivity contribution in [3.63, 3.8) is 0 Å². The zero-order valence-corrected chi connectivity index (χ0v) is 48.0. The normalized spacial score (nSPS) is 16.5. The summed E-state index contributed by atoms with van der Waals surface area (Å²) in [4.78, 5) is 0. The first-order valence-corrected chi connectivity index (χ1v) is 29.8. The molecular formula is C75H68BN3. The van der Waals surface area contributed by atoms with Gasteiger partial charge in [-0.3, -0.25) is 0 Å². The number of rotatable bonds is 5. The Hall–Kier alpha value is -7.56. The molecule has 0 amide bonds. The molecule has 0 unspecified atom stereocenters. The summed E-state index contributed by atoms with van der Waals surface area (Å²) in [5, 5.41) is 8.12. The molecule has 0 fully saturated rings. The van der Waals surface area contributed by atoms with Crippen LogP contribution in [0.15, 0.2) is 146 Å². The van der Waals surface area contributed by atoms with E-state index in [0.29, 0.717) is 23.7 Å². The largest absolute Gasteiger partial charge is 0.310 e. The van der Waals surface area contributed by atoms with E-state index in [4.69, 9.17) is 0 Å². The lowest BCUT2D eigenvalue weighted by Gasteiger charge is -2.44. The van der Waals surface area contributed by atoms with Crippen molar-refractivity contribution >= 4 is 88.5 Å². The van der Waals surface area contributed by atoms with Crippen LogP contribution in [0.4, 0.5) is 0 Å². The van der Waals surface area contributed by atoms with Gasteiger partial charge in [-0.1, -0.05) is 180 Å². The Balaban J connectivity index is 1.09. The molecule has 0 N–H and O–H groups in total. The van der Waals surface area contributed by atoms with Crippen LogP contribution in [0.5, 0.6) is 0 Å². The highest BCUT2D eigenvalue weighted by molar-refractivity contribution is 7.00. The van der Waals surface area contributed by atoms with Crippen LogP contribution in [0.25, 0.3) is 93.6 Å². The van der Waals surface area contributed by atoms with E-state index in [-0.39, 0.29) is 17.5 Å². The summed E-state index contributed by atoms with van der Waals surface area (Å²) in [5.41, 5.74) is 32.8. The molecule has 386 valence electrons. The van der Waals surface area contributed by atoms with Gasteiger partial charge in [0.2, 0.25) is 0 Å². The molecule has 0 bridgehead atoms. The van der Waals surface area contributed by atoms with Crippen molar-refractivity contribution < 1.29 is 0 Å². The Morgan fingerprint density at radius 2 is 0.937 bits per heavy atom. The second-order valence-corrected chi connectivity index (χ2v) is 27.4. The van der Waals surface area contributed by atoms with Crippen LogP contribution in [-0.4, -0.2) is 20.4 Å². The van der Waals surface area contributed by atoms with E-state index < -0.39 is 5.41 Å². The van der Waals surface area contributed by atoms with Crippen molar-refractivity contribution in [3.8, 4) is 28.2 Å². The third-order valence-electron chi connectivity index (χ3n) is 21.0. The van der Waals surface area contributed by atoms with Gasteiger partial charge in [0.15, 0.2) is 0 Å². The molecule has 1 spiro atoms. The molecule has 2 aliphatic carbocycles. The van der Waals surface area contributed by atoms with Gasteiger partial charge in [-0.15, -0.1) is 0 Å². The number of hydrogen-bond acceptors (Lipinski definition) is 0. The second-order valence-electron chi connectivity index (χ2n) is 27.4. The predicted molar refractivity (Wildman–Crippen MR) is 337 cm³/mol. The fraction of sp³-hybridized carbons (Fsp3) is 0.280. The molecule has 9 aromatic carbocycles. The number of fused-ring (bicyclic) bond motifs is 19. The lowest BCUT2D eigenvalue weighted by atomic mass is 9.33. The lowest BCUT2D eigenvalue weighted by Crippen LogP contribution is -2.60. The quantitative estimate of drug-likeness (QED) is 0.153. The van der Waals surface area contributed by atoms with E-state index in [9.17, 15) is 0 Å². The number of benzene rings is 9. The van der Waals surface area contributed by atoms with Crippen LogP contribution < -0.4 is 16.4 Å². The van der Waals surface area contributed by atoms with E-state index in [1.807, 2.05) is 0 Å².